The highest BCUT2D eigenvalue weighted by molar-refractivity contribution is 9.10. The molecule has 32 heavy (non-hydrogen) atoms. The van der Waals surface area contributed by atoms with Crippen molar-refractivity contribution in [1.82, 2.24) is 5.43 Å². The summed E-state index contributed by atoms with van der Waals surface area (Å²) in [6, 6.07) is 8.76. The van der Waals surface area contributed by atoms with E-state index in [1.165, 1.54) is 13.3 Å². The molecule has 172 valence electrons. The second-order valence-electron chi connectivity index (χ2n) is 7.21. The number of carbonyl (C=O) groups excluding carboxylic acids is 1. The molecule has 1 fully saturated rings. The molecular weight excluding hydrogens is 523 g/mol. The largest absolute Gasteiger partial charge is 0.493 e. The van der Waals surface area contributed by atoms with Crippen molar-refractivity contribution in [3.63, 3.8) is 0 Å². The van der Waals surface area contributed by atoms with Gasteiger partial charge in [0, 0.05) is 15.6 Å². The molecule has 0 aliphatic carbocycles. The normalized spacial score (nSPS) is 15.5. The Kier molecular flexibility index (Phi) is 8.79. The third-order valence-corrected chi connectivity index (χ3v) is 5.80. The fourth-order valence-electron chi connectivity index (χ4n) is 3.03. The summed E-state index contributed by atoms with van der Waals surface area (Å²) in [7, 11) is 1.54. The van der Waals surface area contributed by atoms with E-state index in [4.69, 9.17) is 42.1 Å². The zero-order valence-electron chi connectivity index (χ0n) is 17.6. The Balaban J connectivity index is 1.63. The maximum Gasteiger partial charge on any atom is 0.245 e. The van der Waals surface area contributed by atoms with E-state index in [-0.39, 0.29) is 18.9 Å². The van der Waals surface area contributed by atoms with Crippen LogP contribution in [0, 0.1) is 0 Å². The Bertz CT molecular complexity index is 997. The summed E-state index contributed by atoms with van der Waals surface area (Å²) in [5, 5.41) is 5.09. The summed E-state index contributed by atoms with van der Waals surface area (Å²) in [4.78, 5) is 12.2. The fourth-order valence-corrected chi connectivity index (χ4v) is 4.07. The number of hydrazone groups is 1. The Hall–Kier alpha value is -1.84. The van der Waals surface area contributed by atoms with Gasteiger partial charge in [0.2, 0.25) is 5.91 Å². The van der Waals surface area contributed by atoms with E-state index in [2.05, 4.69) is 26.5 Å². The molecule has 3 rings (SSSR count). The molecule has 1 saturated heterocycles. The molecule has 10 heteroatoms. The van der Waals surface area contributed by atoms with Crippen LogP contribution in [-0.4, -0.2) is 38.2 Å². The average molecular weight is 546 g/mol. The minimum Gasteiger partial charge on any atom is -0.493 e. The lowest BCUT2D eigenvalue weighted by Gasteiger charge is -2.33. The van der Waals surface area contributed by atoms with Crippen LogP contribution in [0.5, 0.6) is 11.5 Å². The van der Waals surface area contributed by atoms with Gasteiger partial charge in [0.1, 0.15) is 6.61 Å². The highest BCUT2D eigenvalue weighted by atomic mass is 79.9. The highest BCUT2D eigenvalue weighted by Gasteiger charge is 2.31. The Morgan fingerprint density at radius 3 is 2.72 bits per heavy atom. The number of hydrogen-bond donors (Lipinski definition) is 1. The molecule has 0 bridgehead atoms. The SMILES string of the molecule is COc1cc(/C=N\NC(=O)CC2(C)OCCCO2)cc(Br)c1OCc1ccc(Cl)cc1Cl. The molecule has 0 saturated carbocycles. The zero-order valence-corrected chi connectivity index (χ0v) is 20.7. The number of ether oxygens (including phenoxy) is 4. The van der Waals surface area contributed by atoms with Crippen LogP contribution in [0.2, 0.25) is 10.0 Å². The molecule has 2 aromatic carbocycles. The fraction of sp³-hybridized carbons (Fsp3) is 0.364. The average Bonchev–Trinajstić information content (AvgIpc) is 2.74. The van der Waals surface area contributed by atoms with E-state index in [0.717, 1.165) is 12.0 Å². The minimum absolute atomic E-state index is 0.0530. The molecule has 0 unspecified atom stereocenters. The second-order valence-corrected chi connectivity index (χ2v) is 8.91. The molecule has 2 aromatic rings. The van der Waals surface area contributed by atoms with Crippen molar-refractivity contribution in [3.05, 3.63) is 56.0 Å². The predicted molar refractivity (Wildman–Crippen MR) is 127 cm³/mol. The standard InChI is InChI=1S/C22H23BrCl2N2O5/c1-22(31-6-3-7-32-22)11-20(28)27-26-12-14-8-17(23)21(19(9-14)29-2)30-13-15-4-5-16(24)10-18(15)25/h4-5,8-10,12H,3,6-7,11,13H2,1-2H3,(H,27,28)/b26-12-. The van der Waals surface area contributed by atoms with Crippen LogP contribution in [0.1, 0.15) is 30.9 Å². The van der Waals surface area contributed by atoms with Gasteiger partial charge in [0.05, 0.1) is 37.4 Å². The van der Waals surface area contributed by atoms with Crippen LogP contribution in [-0.2, 0) is 20.9 Å². The summed E-state index contributed by atoms with van der Waals surface area (Å²) < 4.78 is 23.1. The van der Waals surface area contributed by atoms with Crippen molar-refractivity contribution in [2.75, 3.05) is 20.3 Å². The summed E-state index contributed by atoms with van der Waals surface area (Å²) in [6.45, 7) is 3.11. The van der Waals surface area contributed by atoms with Crippen LogP contribution in [0.25, 0.3) is 0 Å². The summed E-state index contributed by atoms with van der Waals surface area (Å²) in [5.74, 6) is -0.222. The molecule has 0 aromatic heterocycles. The van der Waals surface area contributed by atoms with E-state index >= 15 is 0 Å². The van der Waals surface area contributed by atoms with Gasteiger partial charge < -0.3 is 18.9 Å². The first kappa shape index (κ1) is 24.8. The topological polar surface area (TPSA) is 78.4 Å². The van der Waals surface area contributed by atoms with Crippen LogP contribution in [0.3, 0.4) is 0 Å². The van der Waals surface area contributed by atoms with Crippen LogP contribution >= 0.6 is 39.1 Å². The second kappa shape index (κ2) is 11.3. The van der Waals surface area contributed by atoms with E-state index in [1.807, 2.05) is 0 Å². The lowest BCUT2D eigenvalue weighted by molar-refractivity contribution is -0.256. The molecule has 0 radical (unpaired) electrons. The molecule has 1 amide bonds. The molecule has 7 nitrogen and oxygen atoms in total. The minimum atomic E-state index is -0.921. The predicted octanol–water partition coefficient (Wildman–Crippen LogP) is 5.34. The highest BCUT2D eigenvalue weighted by Crippen LogP contribution is 2.37. The van der Waals surface area contributed by atoms with E-state index in [1.54, 1.807) is 37.3 Å². The zero-order chi connectivity index (χ0) is 23.1. The smallest absolute Gasteiger partial charge is 0.245 e. The Morgan fingerprint density at radius 2 is 2.03 bits per heavy atom. The first-order valence-corrected chi connectivity index (χ1v) is 11.4. The van der Waals surface area contributed by atoms with Gasteiger partial charge in [-0.1, -0.05) is 29.3 Å². The maximum absolute atomic E-state index is 12.2. The number of methoxy groups -OCH3 is 1. The van der Waals surface area contributed by atoms with Gasteiger partial charge in [-0.2, -0.15) is 5.10 Å². The Labute approximate surface area is 205 Å². The monoisotopic (exact) mass is 544 g/mol. The van der Waals surface area contributed by atoms with Gasteiger partial charge in [-0.15, -0.1) is 0 Å². The number of amides is 1. The van der Waals surface area contributed by atoms with Gasteiger partial charge in [0.15, 0.2) is 17.3 Å². The van der Waals surface area contributed by atoms with Crippen molar-refractivity contribution in [2.24, 2.45) is 5.10 Å². The maximum atomic E-state index is 12.2. The molecule has 1 aliphatic rings. The quantitative estimate of drug-likeness (QED) is 0.358. The third-order valence-electron chi connectivity index (χ3n) is 4.63. The number of carbonyl (C=O) groups is 1. The summed E-state index contributed by atoms with van der Waals surface area (Å²) >= 11 is 15.6. The first-order chi connectivity index (χ1) is 15.3. The number of nitrogens with zero attached hydrogens (tertiary/aromatic N) is 1. The molecule has 1 N–H and O–H groups in total. The van der Waals surface area contributed by atoms with Crippen molar-refractivity contribution in [2.45, 2.75) is 32.2 Å². The first-order valence-electron chi connectivity index (χ1n) is 9.84. The number of nitrogens with one attached hydrogen (secondary N) is 1. The molecule has 0 spiro atoms. The van der Waals surface area contributed by atoms with Crippen LogP contribution in [0.4, 0.5) is 0 Å². The number of rotatable bonds is 8. The van der Waals surface area contributed by atoms with E-state index < -0.39 is 5.79 Å². The Morgan fingerprint density at radius 1 is 1.28 bits per heavy atom. The van der Waals surface area contributed by atoms with Gasteiger partial charge >= 0.3 is 0 Å². The van der Waals surface area contributed by atoms with Crippen LogP contribution in [0.15, 0.2) is 39.9 Å². The third kappa shape index (κ3) is 6.83. The molecule has 1 heterocycles. The summed E-state index contributed by atoms with van der Waals surface area (Å²) in [6.07, 6.45) is 2.38. The number of halogens is 3. The van der Waals surface area contributed by atoms with Crippen molar-refractivity contribution in [1.29, 1.82) is 0 Å². The van der Waals surface area contributed by atoms with E-state index in [0.29, 0.717) is 44.8 Å². The van der Waals surface area contributed by atoms with Crippen molar-refractivity contribution < 1.29 is 23.7 Å². The molecular formula is C22H23BrCl2N2O5. The van der Waals surface area contributed by atoms with Gasteiger partial charge in [-0.3, -0.25) is 4.79 Å². The number of benzene rings is 2. The van der Waals surface area contributed by atoms with Gasteiger partial charge in [0.25, 0.3) is 0 Å². The number of hydrogen-bond acceptors (Lipinski definition) is 6. The summed E-state index contributed by atoms with van der Waals surface area (Å²) in [5.41, 5.74) is 3.98. The van der Waals surface area contributed by atoms with E-state index in [9.17, 15) is 4.79 Å². The van der Waals surface area contributed by atoms with Gasteiger partial charge in [-0.25, -0.2) is 5.43 Å². The van der Waals surface area contributed by atoms with Gasteiger partial charge in [-0.05, 0) is 59.1 Å². The molecule has 0 atom stereocenters. The van der Waals surface area contributed by atoms with Crippen molar-refractivity contribution >= 4 is 51.3 Å². The van der Waals surface area contributed by atoms with Crippen molar-refractivity contribution in [3.8, 4) is 11.5 Å². The molecule has 1 aliphatic heterocycles. The lowest BCUT2D eigenvalue weighted by Crippen LogP contribution is -2.41. The van der Waals surface area contributed by atoms with Crippen LogP contribution < -0.4 is 14.9 Å². The lowest BCUT2D eigenvalue weighted by atomic mass is 10.2.